The summed E-state index contributed by atoms with van der Waals surface area (Å²) < 4.78 is 5.40. The third-order valence-electron chi connectivity index (χ3n) is 1.39. The lowest BCUT2D eigenvalue weighted by Crippen LogP contribution is -2.06. The Labute approximate surface area is 50.3 Å². The highest BCUT2D eigenvalue weighted by atomic mass is 16.5. The summed E-state index contributed by atoms with van der Waals surface area (Å²) in [6.45, 7) is 4.19. The summed E-state index contributed by atoms with van der Waals surface area (Å²) in [7, 11) is 0. The Hall–Kier alpha value is -0.300. The Morgan fingerprint density at radius 1 is 1.50 bits per heavy atom. The molecule has 0 fully saturated rings. The van der Waals surface area contributed by atoms with Crippen molar-refractivity contribution in [2.24, 2.45) is 0 Å². The first-order valence-electron chi connectivity index (χ1n) is 3.16. The maximum absolute atomic E-state index is 5.40. The van der Waals surface area contributed by atoms with Gasteiger partial charge in [-0.25, -0.2) is 0 Å². The van der Waals surface area contributed by atoms with Crippen LogP contribution in [0.3, 0.4) is 0 Å². The van der Waals surface area contributed by atoms with Crippen LogP contribution in [0.25, 0.3) is 0 Å². The van der Waals surface area contributed by atoms with Crippen molar-refractivity contribution in [1.82, 2.24) is 0 Å². The van der Waals surface area contributed by atoms with Crippen LogP contribution < -0.4 is 0 Å². The minimum absolute atomic E-state index is 0.347. The van der Waals surface area contributed by atoms with Gasteiger partial charge in [0.05, 0.1) is 12.2 Å². The summed E-state index contributed by atoms with van der Waals surface area (Å²) in [6.07, 6.45) is 6.07. The largest absolute Gasteiger partial charge is 0.367 e. The van der Waals surface area contributed by atoms with Gasteiger partial charge in [0, 0.05) is 0 Å². The van der Waals surface area contributed by atoms with E-state index in [2.05, 4.69) is 26.0 Å². The van der Waals surface area contributed by atoms with E-state index in [0.29, 0.717) is 12.2 Å². The van der Waals surface area contributed by atoms with E-state index in [9.17, 15) is 0 Å². The number of ether oxygens (including phenoxy) is 1. The van der Waals surface area contributed by atoms with E-state index in [-0.39, 0.29) is 0 Å². The summed E-state index contributed by atoms with van der Waals surface area (Å²) in [5.41, 5.74) is 0. The van der Waals surface area contributed by atoms with Crippen LogP contribution in [0, 0.1) is 0 Å². The number of hydrogen-bond acceptors (Lipinski definition) is 1. The summed E-state index contributed by atoms with van der Waals surface area (Å²) >= 11 is 0. The molecule has 0 spiro atoms. The highest BCUT2D eigenvalue weighted by Gasteiger charge is 2.11. The summed E-state index contributed by atoms with van der Waals surface area (Å²) in [5, 5.41) is 0. The zero-order valence-corrected chi connectivity index (χ0v) is 5.42. The van der Waals surface area contributed by atoms with Crippen molar-refractivity contribution < 1.29 is 4.74 Å². The number of hydrogen-bond donors (Lipinski definition) is 0. The summed E-state index contributed by atoms with van der Waals surface area (Å²) in [6, 6.07) is 0. The lowest BCUT2D eigenvalue weighted by atomic mass is 10.3. The molecular weight excluding hydrogens is 100 g/mol. The highest BCUT2D eigenvalue weighted by molar-refractivity contribution is 4.99. The molecule has 2 unspecified atom stereocenters. The molecule has 1 aliphatic rings. The summed E-state index contributed by atoms with van der Waals surface area (Å²) in [4.78, 5) is 0. The van der Waals surface area contributed by atoms with Crippen LogP contribution in [0.4, 0.5) is 0 Å². The van der Waals surface area contributed by atoms with Crippen molar-refractivity contribution >= 4 is 0 Å². The minimum atomic E-state index is 0.347. The Bertz CT molecular complexity index is 96.6. The normalized spacial score (nSPS) is 36.2. The first-order chi connectivity index (χ1) is 3.83. The molecule has 1 rings (SSSR count). The fourth-order valence-corrected chi connectivity index (χ4v) is 0.879. The fourth-order valence-electron chi connectivity index (χ4n) is 0.879. The molecule has 0 saturated carbocycles. The molecule has 2 atom stereocenters. The van der Waals surface area contributed by atoms with Gasteiger partial charge in [0.15, 0.2) is 0 Å². The van der Waals surface area contributed by atoms with Crippen molar-refractivity contribution in [1.29, 1.82) is 0 Å². The van der Waals surface area contributed by atoms with E-state index >= 15 is 0 Å². The standard InChI is InChI=1S/C7H12O/c1-3-7-5-4-6(2)8-7/h4-7H,3H2,1-2H3. The van der Waals surface area contributed by atoms with Crippen molar-refractivity contribution in [3.8, 4) is 0 Å². The molecule has 0 amide bonds. The molecule has 0 aliphatic carbocycles. The molecule has 8 heavy (non-hydrogen) atoms. The molecule has 1 heteroatoms. The molecule has 1 heterocycles. The molecule has 0 aromatic carbocycles. The zero-order valence-electron chi connectivity index (χ0n) is 5.42. The topological polar surface area (TPSA) is 9.23 Å². The third-order valence-corrected chi connectivity index (χ3v) is 1.39. The van der Waals surface area contributed by atoms with Crippen LogP contribution in [0.15, 0.2) is 12.2 Å². The molecule has 0 radical (unpaired) electrons. The quantitative estimate of drug-likeness (QED) is 0.469. The Balaban J connectivity index is 2.34. The van der Waals surface area contributed by atoms with Gasteiger partial charge in [0.2, 0.25) is 0 Å². The van der Waals surface area contributed by atoms with E-state index in [4.69, 9.17) is 4.74 Å². The molecular formula is C7H12O. The van der Waals surface area contributed by atoms with Gasteiger partial charge in [-0.15, -0.1) is 0 Å². The first kappa shape index (κ1) is 5.83. The molecule has 1 aliphatic heterocycles. The SMILES string of the molecule is CCC1C=CC(C)O1. The van der Waals surface area contributed by atoms with Crippen LogP contribution in [-0.4, -0.2) is 12.2 Å². The van der Waals surface area contributed by atoms with Crippen molar-refractivity contribution in [2.45, 2.75) is 32.5 Å². The van der Waals surface area contributed by atoms with E-state index < -0.39 is 0 Å². The van der Waals surface area contributed by atoms with Crippen LogP contribution in [0.5, 0.6) is 0 Å². The summed E-state index contributed by atoms with van der Waals surface area (Å²) in [5.74, 6) is 0. The molecule has 0 bridgehead atoms. The second-order valence-corrected chi connectivity index (χ2v) is 2.17. The molecule has 0 saturated heterocycles. The highest BCUT2D eigenvalue weighted by Crippen LogP contribution is 2.12. The van der Waals surface area contributed by atoms with E-state index in [1.165, 1.54) is 0 Å². The number of rotatable bonds is 1. The molecule has 46 valence electrons. The van der Waals surface area contributed by atoms with Gasteiger partial charge in [-0.2, -0.15) is 0 Å². The smallest absolute Gasteiger partial charge is 0.0762 e. The average Bonchev–Trinajstić information content (AvgIpc) is 2.14. The van der Waals surface area contributed by atoms with Crippen LogP contribution in [-0.2, 0) is 4.74 Å². The molecule has 1 nitrogen and oxygen atoms in total. The van der Waals surface area contributed by atoms with Gasteiger partial charge in [-0.1, -0.05) is 19.1 Å². The first-order valence-corrected chi connectivity index (χ1v) is 3.16. The van der Waals surface area contributed by atoms with Gasteiger partial charge in [-0.05, 0) is 13.3 Å². The van der Waals surface area contributed by atoms with Crippen LogP contribution >= 0.6 is 0 Å². The van der Waals surface area contributed by atoms with Gasteiger partial charge in [-0.3, -0.25) is 0 Å². The second-order valence-electron chi connectivity index (χ2n) is 2.17. The predicted molar refractivity (Wildman–Crippen MR) is 33.8 cm³/mol. The minimum Gasteiger partial charge on any atom is -0.367 e. The second kappa shape index (κ2) is 2.31. The Kier molecular flexibility index (Phi) is 1.69. The molecule has 0 aromatic heterocycles. The Morgan fingerprint density at radius 2 is 2.25 bits per heavy atom. The van der Waals surface area contributed by atoms with Gasteiger partial charge in [0.25, 0.3) is 0 Å². The Morgan fingerprint density at radius 3 is 2.50 bits per heavy atom. The van der Waals surface area contributed by atoms with E-state index in [1.54, 1.807) is 0 Å². The van der Waals surface area contributed by atoms with Crippen molar-refractivity contribution in [2.75, 3.05) is 0 Å². The maximum atomic E-state index is 5.40. The van der Waals surface area contributed by atoms with Crippen molar-refractivity contribution in [3.63, 3.8) is 0 Å². The van der Waals surface area contributed by atoms with E-state index in [0.717, 1.165) is 6.42 Å². The monoisotopic (exact) mass is 112 g/mol. The van der Waals surface area contributed by atoms with Gasteiger partial charge < -0.3 is 4.74 Å². The van der Waals surface area contributed by atoms with E-state index in [1.807, 2.05) is 0 Å². The van der Waals surface area contributed by atoms with Gasteiger partial charge >= 0.3 is 0 Å². The fraction of sp³-hybridized carbons (Fsp3) is 0.714. The maximum Gasteiger partial charge on any atom is 0.0762 e. The van der Waals surface area contributed by atoms with Gasteiger partial charge in [0.1, 0.15) is 0 Å². The van der Waals surface area contributed by atoms with Crippen LogP contribution in [0.1, 0.15) is 20.3 Å². The lowest BCUT2D eigenvalue weighted by molar-refractivity contribution is 0.0696. The van der Waals surface area contributed by atoms with Crippen molar-refractivity contribution in [3.05, 3.63) is 12.2 Å². The third kappa shape index (κ3) is 1.10. The predicted octanol–water partition coefficient (Wildman–Crippen LogP) is 1.74. The molecule has 0 aromatic rings. The average molecular weight is 112 g/mol. The van der Waals surface area contributed by atoms with Crippen LogP contribution in [0.2, 0.25) is 0 Å². The molecule has 0 N–H and O–H groups in total. The zero-order chi connectivity index (χ0) is 5.98. The lowest BCUT2D eigenvalue weighted by Gasteiger charge is -2.06.